The van der Waals surface area contributed by atoms with Gasteiger partial charge in [0.1, 0.15) is 0 Å². The van der Waals surface area contributed by atoms with Crippen LogP contribution in [-0.4, -0.2) is 24.5 Å². The Morgan fingerprint density at radius 1 is 1.58 bits per heavy atom. The van der Waals surface area contributed by atoms with E-state index in [1.165, 1.54) is 19.4 Å². The lowest BCUT2D eigenvalue weighted by molar-refractivity contribution is 0.0554. The molecule has 1 heteroatoms. The van der Waals surface area contributed by atoms with Gasteiger partial charge in [0, 0.05) is 12.6 Å². The zero-order valence-electron chi connectivity index (χ0n) is 8.38. The Morgan fingerprint density at radius 3 is 2.83 bits per heavy atom. The third kappa shape index (κ3) is 1.11. The molecule has 0 saturated carbocycles. The molecule has 0 aromatic heterocycles. The van der Waals surface area contributed by atoms with Crippen molar-refractivity contribution in [2.45, 2.75) is 32.7 Å². The molecule has 0 radical (unpaired) electrons. The highest BCUT2D eigenvalue weighted by Crippen LogP contribution is 2.43. The van der Waals surface area contributed by atoms with E-state index in [1.807, 2.05) is 0 Å². The van der Waals surface area contributed by atoms with Crippen LogP contribution in [0.4, 0.5) is 0 Å². The van der Waals surface area contributed by atoms with E-state index in [0.29, 0.717) is 5.41 Å². The fourth-order valence-electron chi connectivity index (χ4n) is 2.96. The van der Waals surface area contributed by atoms with Crippen molar-refractivity contribution in [3.05, 3.63) is 12.2 Å². The van der Waals surface area contributed by atoms with E-state index in [-0.39, 0.29) is 0 Å². The van der Waals surface area contributed by atoms with Crippen LogP contribution in [0.15, 0.2) is 12.2 Å². The summed E-state index contributed by atoms with van der Waals surface area (Å²) in [5.74, 6) is 0.902. The summed E-state index contributed by atoms with van der Waals surface area (Å²) in [6.45, 7) is 5.96. The standard InChI is InChI=1S/C11H19N/c1-4-9-7-11(2)6-5-10(9)12(3)8-11/h5-6,9-10H,4,7-8H2,1-3H3. The van der Waals surface area contributed by atoms with Gasteiger partial charge in [0.25, 0.3) is 0 Å². The molecule has 0 aromatic rings. The van der Waals surface area contributed by atoms with Gasteiger partial charge in [0.15, 0.2) is 0 Å². The Kier molecular flexibility index (Phi) is 1.80. The zero-order chi connectivity index (χ0) is 8.77. The normalized spacial score (nSPS) is 46.9. The average Bonchev–Trinajstić information content (AvgIpc) is 2.02. The van der Waals surface area contributed by atoms with E-state index < -0.39 is 0 Å². The summed E-state index contributed by atoms with van der Waals surface area (Å²) in [4.78, 5) is 2.51. The van der Waals surface area contributed by atoms with Gasteiger partial charge in [-0.15, -0.1) is 0 Å². The second-order valence-corrected chi connectivity index (χ2v) is 4.79. The third-order valence-corrected chi connectivity index (χ3v) is 3.55. The van der Waals surface area contributed by atoms with Gasteiger partial charge >= 0.3 is 0 Å². The van der Waals surface area contributed by atoms with Crippen LogP contribution in [0.3, 0.4) is 0 Å². The lowest BCUT2D eigenvalue weighted by atomic mass is 9.68. The first-order chi connectivity index (χ1) is 5.64. The topological polar surface area (TPSA) is 3.24 Å². The first-order valence-corrected chi connectivity index (χ1v) is 5.04. The van der Waals surface area contributed by atoms with Gasteiger partial charge in [0.2, 0.25) is 0 Å². The fourth-order valence-corrected chi connectivity index (χ4v) is 2.96. The molecule has 1 aliphatic carbocycles. The Labute approximate surface area is 75.4 Å². The second kappa shape index (κ2) is 2.59. The summed E-state index contributed by atoms with van der Waals surface area (Å²) in [6, 6.07) is 0.733. The van der Waals surface area contributed by atoms with Crippen LogP contribution < -0.4 is 0 Å². The smallest absolute Gasteiger partial charge is 0.0304 e. The Balaban J connectivity index is 2.25. The van der Waals surface area contributed by atoms with Crippen LogP contribution in [0, 0.1) is 11.3 Å². The highest BCUT2D eigenvalue weighted by atomic mass is 15.2. The van der Waals surface area contributed by atoms with Crippen molar-refractivity contribution in [2.24, 2.45) is 11.3 Å². The first kappa shape index (κ1) is 8.31. The molecule has 3 atom stereocenters. The predicted octanol–water partition coefficient (Wildman–Crippen LogP) is 2.29. The van der Waals surface area contributed by atoms with Crippen molar-refractivity contribution in [3.8, 4) is 0 Å². The Bertz CT molecular complexity index is 209. The molecule has 0 amide bonds. The maximum Gasteiger partial charge on any atom is 0.0304 e. The monoisotopic (exact) mass is 165 g/mol. The Morgan fingerprint density at radius 2 is 2.33 bits per heavy atom. The molecule has 0 spiro atoms. The number of fused-ring (bicyclic) bond motifs is 2. The highest BCUT2D eigenvalue weighted by molar-refractivity contribution is 5.16. The summed E-state index contributed by atoms with van der Waals surface area (Å²) in [5, 5.41) is 0. The van der Waals surface area contributed by atoms with E-state index in [9.17, 15) is 0 Å². The largest absolute Gasteiger partial charge is 0.299 e. The number of hydrogen-bond donors (Lipinski definition) is 0. The molecule has 3 unspecified atom stereocenters. The number of likely N-dealkylation sites (N-methyl/N-ethyl adjacent to an activating group) is 1. The minimum Gasteiger partial charge on any atom is -0.299 e. The van der Waals surface area contributed by atoms with Gasteiger partial charge in [-0.3, -0.25) is 4.90 Å². The summed E-state index contributed by atoms with van der Waals surface area (Å²) in [6.07, 6.45) is 7.58. The lowest BCUT2D eigenvalue weighted by Crippen LogP contribution is -2.52. The van der Waals surface area contributed by atoms with Crippen LogP contribution in [-0.2, 0) is 0 Å². The lowest BCUT2D eigenvalue weighted by Gasteiger charge is -2.50. The van der Waals surface area contributed by atoms with E-state index in [1.54, 1.807) is 0 Å². The van der Waals surface area contributed by atoms with E-state index in [0.717, 1.165) is 12.0 Å². The summed E-state index contributed by atoms with van der Waals surface area (Å²) < 4.78 is 0. The predicted molar refractivity (Wildman–Crippen MR) is 52.1 cm³/mol. The molecule has 1 fully saturated rings. The summed E-state index contributed by atoms with van der Waals surface area (Å²) >= 11 is 0. The van der Waals surface area contributed by atoms with Gasteiger partial charge in [-0.1, -0.05) is 32.4 Å². The Hall–Kier alpha value is -0.300. The fraction of sp³-hybridized carbons (Fsp3) is 0.818. The molecular formula is C11H19N. The third-order valence-electron chi connectivity index (χ3n) is 3.55. The molecule has 1 saturated heterocycles. The van der Waals surface area contributed by atoms with Crippen molar-refractivity contribution in [3.63, 3.8) is 0 Å². The zero-order valence-corrected chi connectivity index (χ0v) is 8.38. The van der Waals surface area contributed by atoms with Crippen molar-refractivity contribution in [2.75, 3.05) is 13.6 Å². The van der Waals surface area contributed by atoms with Crippen LogP contribution >= 0.6 is 0 Å². The molecule has 68 valence electrons. The highest BCUT2D eigenvalue weighted by Gasteiger charge is 2.41. The molecule has 2 bridgehead atoms. The minimum atomic E-state index is 0.476. The van der Waals surface area contributed by atoms with Crippen molar-refractivity contribution in [1.82, 2.24) is 4.90 Å². The van der Waals surface area contributed by atoms with Crippen LogP contribution in [0.1, 0.15) is 26.7 Å². The van der Waals surface area contributed by atoms with E-state index in [2.05, 4.69) is 37.9 Å². The van der Waals surface area contributed by atoms with Crippen LogP contribution in [0.2, 0.25) is 0 Å². The number of piperidine rings is 1. The molecule has 2 heterocycles. The summed E-state index contributed by atoms with van der Waals surface area (Å²) in [7, 11) is 2.26. The molecular weight excluding hydrogens is 146 g/mol. The summed E-state index contributed by atoms with van der Waals surface area (Å²) in [5.41, 5.74) is 0.476. The van der Waals surface area contributed by atoms with Gasteiger partial charge in [-0.2, -0.15) is 0 Å². The first-order valence-electron chi connectivity index (χ1n) is 5.04. The quantitative estimate of drug-likeness (QED) is 0.539. The molecule has 2 aliphatic heterocycles. The molecule has 3 rings (SSSR count). The SMILES string of the molecule is CCC1CC2(C)C=CC1N(C)C2. The van der Waals surface area contributed by atoms with Gasteiger partial charge in [-0.05, 0) is 24.8 Å². The maximum atomic E-state index is 2.51. The minimum absolute atomic E-state index is 0.476. The van der Waals surface area contributed by atoms with Gasteiger partial charge in [0.05, 0.1) is 0 Å². The molecule has 12 heavy (non-hydrogen) atoms. The van der Waals surface area contributed by atoms with Crippen molar-refractivity contribution < 1.29 is 0 Å². The number of hydrogen-bond acceptors (Lipinski definition) is 1. The molecule has 1 nitrogen and oxygen atoms in total. The molecule has 0 aromatic carbocycles. The number of rotatable bonds is 1. The number of nitrogens with zero attached hydrogens (tertiary/aromatic N) is 1. The molecule has 3 aliphatic rings. The van der Waals surface area contributed by atoms with E-state index >= 15 is 0 Å². The van der Waals surface area contributed by atoms with Gasteiger partial charge in [-0.25, -0.2) is 0 Å². The van der Waals surface area contributed by atoms with Crippen LogP contribution in [0.5, 0.6) is 0 Å². The second-order valence-electron chi connectivity index (χ2n) is 4.79. The van der Waals surface area contributed by atoms with Crippen molar-refractivity contribution in [1.29, 1.82) is 0 Å². The van der Waals surface area contributed by atoms with Gasteiger partial charge < -0.3 is 0 Å². The maximum absolute atomic E-state index is 2.51. The average molecular weight is 165 g/mol. The van der Waals surface area contributed by atoms with E-state index in [4.69, 9.17) is 0 Å². The molecule has 0 N–H and O–H groups in total. The van der Waals surface area contributed by atoms with Crippen LogP contribution in [0.25, 0.3) is 0 Å². The van der Waals surface area contributed by atoms with Crippen molar-refractivity contribution >= 4 is 0 Å².